The van der Waals surface area contributed by atoms with Gasteiger partial charge < -0.3 is 9.80 Å². The lowest BCUT2D eigenvalue weighted by Crippen LogP contribution is -2.47. The first-order valence-electron chi connectivity index (χ1n) is 11.5. The van der Waals surface area contributed by atoms with Gasteiger partial charge in [-0.15, -0.1) is 11.3 Å². The van der Waals surface area contributed by atoms with E-state index >= 15 is 0 Å². The van der Waals surface area contributed by atoms with E-state index in [-0.39, 0.29) is 0 Å². The third kappa shape index (κ3) is 3.58. The van der Waals surface area contributed by atoms with Crippen LogP contribution in [0.15, 0.2) is 30.3 Å². The van der Waals surface area contributed by atoms with Crippen molar-refractivity contribution in [1.82, 2.24) is 9.97 Å². The van der Waals surface area contributed by atoms with Crippen molar-refractivity contribution in [3.8, 4) is 0 Å². The highest BCUT2D eigenvalue weighted by atomic mass is 32.1. The highest BCUT2D eigenvalue weighted by Crippen LogP contribution is 2.42. The molecule has 5 rings (SSSR count). The van der Waals surface area contributed by atoms with Crippen LogP contribution < -0.4 is 9.80 Å². The molecule has 30 heavy (non-hydrogen) atoms. The fraction of sp³-hybridized carbons (Fsp3) is 0.520. The van der Waals surface area contributed by atoms with Crippen molar-refractivity contribution in [2.45, 2.75) is 52.4 Å². The van der Waals surface area contributed by atoms with Crippen molar-refractivity contribution in [2.24, 2.45) is 5.92 Å². The molecule has 1 fully saturated rings. The topological polar surface area (TPSA) is 32.3 Å². The molecule has 2 aliphatic rings. The first-order valence-corrected chi connectivity index (χ1v) is 12.3. The Labute approximate surface area is 184 Å². The van der Waals surface area contributed by atoms with Gasteiger partial charge in [0.25, 0.3) is 0 Å². The predicted molar refractivity (Wildman–Crippen MR) is 128 cm³/mol. The van der Waals surface area contributed by atoms with Gasteiger partial charge in [0.2, 0.25) is 0 Å². The number of fused-ring (bicyclic) bond motifs is 3. The first kappa shape index (κ1) is 19.8. The number of nitrogens with zero attached hydrogens (tertiary/aromatic N) is 4. The summed E-state index contributed by atoms with van der Waals surface area (Å²) >= 11 is 1.93. The Kier molecular flexibility index (Phi) is 5.40. The van der Waals surface area contributed by atoms with Crippen LogP contribution in [0, 0.1) is 5.92 Å². The van der Waals surface area contributed by atoms with E-state index in [4.69, 9.17) is 9.97 Å². The smallest absolute Gasteiger partial charge is 0.141 e. The molecule has 2 unspecified atom stereocenters. The molecule has 5 heteroatoms. The van der Waals surface area contributed by atoms with Crippen molar-refractivity contribution in [2.75, 3.05) is 36.0 Å². The Morgan fingerprint density at radius 2 is 1.80 bits per heavy atom. The van der Waals surface area contributed by atoms with Crippen LogP contribution in [-0.2, 0) is 12.8 Å². The average Bonchev–Trinajstić information content (AvgIpc) is 3.16. The van der Waals surface area contributed by atoms with Crippen LogP contribution in [0.5, 0.6) is 0 Å². The van der Waals surface area contributed by atoms with Crippen LogP contribution in [0.2, 0.25) is 0 Å². The zero-order chi connectivity index (χ0) is 20.7. The molecule has 3 aromatic rings. The first-order chi connectivity index (χ1) is 14.6. The molecule has 2 atom stereocenters. The number of hydrogen-bond acceptors (Lipinski definition) is 5. The molecule has 0 amide bonds. The molecule has 3 heterocycles. The van der Waals surface area contributed by atoms with Gasteiger partial charge in [-0.1, -0.05) is 39.0 Å². The molecule has 0 bridgehead atoms. The van der Waals surface area contributed by atoms with Crippen molar-refractivity contribution in [1.29, 1.82) is 0 Å². The summed E-state index contributed by atoms with van der Waals surface area (Å²) in [6, 6.07) is 10.8. The van der Waals surface area contributed by atoms with Gasteiger partial charge >= 0.3 is 0 Å². The Morgan fingerprint density at radius 1 is 1.07 bits per heavy atom. The Morgan fingerprint density at radius 3 is 2.53 bits per heavy atom. The lowest BCUT2D eigenvalue weighted by molar-refractivity contribution is 0.509. The number of thiophene rings is 1. The SMILES string of the molecule is CCC(C)c1nc(N2CCN(c3ccccc3)CC2)c2c3c(sc2n1)CC(C)CC3. The minimum Gasteiger partial charge on any atom is -0.368 e. The molecule has 0 saturated carbocycles. The monoisotopic (exact) mass is 420 g/mol. The lowest BCUT2D eigenvalue weighted by Gasteiger charge is -2.37. The predicted octanol–water partition coefficient (Wildman–Crippen LogP) is 5.66. The molecule has 0 radical (unpaired) electrons. The van der Waals surface area contributed by atoms with Crippen LogP contribution in [0.4, 0.5) is 11.5 Å². The summed E-state index contributed by atoms with van der Waals surface area (Å²) in [6.07, 6.45) is 4.75. The summed E-state index contributed by atoms with van der Waals surface area (Å²) in [5.41, 5.74) is 2.87. The fourth-order valence-electron chi connectivity index (χ4n) is 4.79. The van der Waals surface area contributed by atoms with Crippen LogP contribution in [-0.4, -0.2) is 36.1 Å². The van der Waals surface area contributed by atoms with E-state index in [9.17, 15) is 0 Å². The third-order valence-corrected chi connectivity index (χ3v) is 8.06. The molecular formula is C25H32N4S. The van der Waals surface area contributed by atoms with E-state index in [2.05, 4.69) is 60.9 Å². The highest BCUT2D eigenvalue weighted by molar-refractivity contribution is 7.19. The zero-order valence-electron chi connectivity index (χ0n) is 18.4. The fourth-order valence-corrected chi connectivity index (χ4v) is 6.17. The summed E-state index contributed by atoms with van der Waals surface area (Å²) in [4.78, 5) is 18.1. The Bertz CT molecular complexity index is 1020. The van der Waals surface area contributed by atoms with Crippen LogP contribution in [0.25, 0.3) is 10.2 Å². The third-order valence-electron chi connectivity index (χ3n) is 6.91. The van der Waals surface area contributed by atoms with Crippen LogP contribution in [0.3, 0.4) is 0 Å². The quantitative estimate of drug-likeness (QED) is 0.545. The second-order valence-corrected chi connectivity index (χ2v) is 10.1. The van der Waals surface area contributed by atoms with Gasteiger partial charge in [-0.05, 0) is 49.3 Å². The number of rotatable bonds is 4. The largest absolute Gasteiger partial charge is 0.368 e. The molecule has 158 valence electrons. The summed E-state index contributed by atoms with van der Waals surface area (Å²) in [5, 5.41) is 1.36. The summed E-state index contributed by atoms with van der Waals surface area (Å²) in [5.74, 6) is 3.41. The Hall–Kier alpha value is -2.14. The van der Waals surface area contributed by atoms with Gasteiger partial charge in [0.1, 0.15) is 16.5 Å². The molecule has 1 aliphatic carbocycles. The van der Waals surface area contributed by atoms with Crippen molar-refractivity contribution in [3.63, 3.8) is 0 Å². The van der Waals surface area contributed by atoms with Gasteiger partial charge in [-0.3, -0.25) is 0 Å². The molecule has 0 N–H and O–H groups in total. The number of anilines is 2. The molecule has 1 aliphatic heterocycles. The van der Waals surface area contributed by atoms with Crippen LogP contribution >= 0.6 is 11.3 Å². The number of aryl methyl sites for hydroxylation is 1. The summed E-state index contributed by atoms with van der Waals surface area (Å²) < 4.78 is 0. The lowest BCUT2D eigenvalue weighted by atomic mass is 9.89. The number of benzene rings is 1. The number of hydrogen-bond donors (Lipinski definition) is 0. The van der Waals surface area contributed by atoms with E-state index in [0.717, 1.165) is 44.3 Å². The molecule has 2 aromatic heterocycles. The highest BCUT2D eigenvalue weighted by Gasteiger charge is 2.28. The molecule has 0 spiro atoms. The van der Waals surface area contributed by atoms with E-state index < -0.39 is 0 Å². The zero-order valence-corrected chi connectivity index (χ0v) is 19.2. The average molecular weight is 421 g/mol. The van der Waals surface area contributed by atoms with Crippen molar-refractivity contribution >= 4 is 33.1 Å². The minimum absolute atomic E-state index is 0.400. The maximum absolute atomic E-state index is 5.20. The Balaban J connectivity index is 1.51. The number of para-hydroxylation sites is 1. The molecular weight excluding hydrogens is 388 g/mol. The summed E-state index contributed by atoms with van der Waals surface area (Å²) in [6.45, 7) is 11.0. The van der Waals surface area contributed by atoms with E-state index in [1.54, 1.807) is 10.4 Å². The summed E-state index contributed by atoms with van der Waals surface area (Å²) in [7, 11) is 0. The van der Waals surface area contributed by atoms with E-state index in [0.29, 0.717) is 5.92 Å². The maximum atomic E-state index is 5.20. The molecule has 1 saturated heterocycles. The van der Waals surface area contributed by atoms with E-state index in [1.165, 1.54) is 41.0 Å². The maximum Gasteiger partial charge on any atom is 0.141 e. The standard InChI is InChI=1S/C25H32N4S/c1-4-18(3)23-26-24(22-20-11-10-17(2)16-21(20)30-25(22)27-23)29-14-12-28(13-15-29)19-8-6-5-7-9-19/h5-9,17-18H,4,10-16H2,1-3H3. The second kappa shape index (κ2) is 8.18. The van der Waals surface area contributed by atoms with Gasteiger partial charge in [-0.2, -0.15) is 0 Å². The number of piperazine rings is 1. The van der Waals surface area contributed by atoms with Gasteiger partial charge in [0.05, 0.1) is 5.39 Å². The number of aromatic nitrogens is 2. The van der Waals surface area contributed by atoms with Gasteiger partial charge in [0, 0.05) is 42.7 Å². The van der Waals surface area contributed by atoms with Gasteiger partial charge in [0.15, 0.2) is 0 Å². The van der Waals surface area contributed by atoms with Crippen molar-refractivity contribution in [3.05, 3.63) is 46.6 Å². The van der Waals surface area contributed by atoms with Crippen LogP contribution in [0.1, 0.15) is 55.8 Å². The minimum atomic E-state index is 0.400. The second-order valence-electron chi connectivity index (χ2n) is 9.06. The van der Waals surface area contributed by atoms with E-state index in [1.807, 2.05) is 11.3 Å². The van der Waals surface area contributed by atoms with Gasteiger partial charge in [-0.25, -0.2) is 9.97 Å². The molecule has 1 aromatic carbocycles. The normalized spacial score (nSPS) is 20.4. The molecule has 4 nitrogen and oxygen atoms in total. The van der Waals surface area contributed by atoms with Crippen molar-refractivity contribution < 1.29 is 0 Å².